The Morgan fingerprint density at radius 3 is 2.75 bits per heavy atom. The third-order valence-electron chi connectivity index (χ3n) is 1.98. The van der Waals surface area contributed by atoms with E-state index in [9.17, 15) is 9.90 Å². The topological polar surface area (TPSA) is 114 Å². The van der Waals surface area contributed by atoms with Crippen molar-refractivity contribution in [2.75, 3.05) is 5.73 Å². The monoisotopic (exact) mass is 220 g/mol. The van der Waals surface area contributed by atoms with Gasteiger partial charge in [0, 0.05) is 6.07 Å². The molecule has 1 heterocycles. The second kappa shape index (κ2) is 3.54. The Hall–Kier alpha value is -2.57. The Kier molecular flexibility index (Phi) is 2.20. The van der Waals surface area contributed by atoms with Crippen LogP contribution in [0.25, 0.3) is 5.69 Å². The van der Waals surface area contributed by atoms with Crippen molar-refractivity contribution in [2.24, 2.45) is 0 Å². The molecule has 0 aliphatic carbocycles. The number of nitrogen functional groups attached to an aromatic ring is 1. The minimum absolute atomic E-state index is 0.0317. The average Bonchev–Trinajstić information content (AvgIpc) is 2.60. The van der Waals surface area contributed by atoms with Crippen molar-refractivity contribution < 1.29 is 15.0 Å². The number of benzene rings is 1. The zero-order valence-corrected chi connectivity index (χ0v) is 8.03. The number of carbonyl (C=O) groups is 1. The average molecular weight is 220 g/mol. The molecule has 0 aliphatic heterocycles. The van der Waals surface area contributed by atoms with Crippen molar-refractivity contribution in [3.8, 4) is 11.4 Å². The fourth-order valence-electron chi connectivity index (χ4n) is 1.26. The number of aromatic nitrogens is 3. The van der Waals surface area contributed by atoms with Gasteiger partial charge in [-0.05, 0) is 12.1 Å². The lowest BCUT2D eigenvalue weighted by atomic mass is 10.3. The summed E-state index contributed by atoms with van der Waals surface area (Å²) in [5, 5.41) is 25.0. The van der Waals surface area contributed by atoms with Crippen LogP contribution in [0.2, 0.25) is 0 Å². The molecule has 2 aromatic rings. The first-order chi connectivity index (χ1) is 7.59. The lowest BCUT2D eigenvalue weighted by Gasteiger charge is -2.02. The second-order valence-electron chi connectivity index (χ2n) is 3.06. The van der Waals surface area contributed by atoms with Gasteiger partial charge in [-0.1, -0.05) is 11.3 Å². The van der Waals surface area contributed by atoms with Gasteiger partial charge in [0.2, 0.25) is 5.69 Å². The summed E-state index contributed by atoms with van der Waals surface area (Å²) in [4.78, 5) is 10.7. The van der Waals surface area contributed by atoms with Crippen LogP contribution >= 0.6 is 0 Å². The van der Waals surface area contributed by atoms with Crippen molar-refractivity contribution in [2.45, 2.75) is 0 Å². The zero-order valence-electron chi connectivity index (χ0n) is 8.03. The molecule has 0 radical (unpaired) electrons. The molecule has 0 amide bonds. The molecule has 0 aliphatic rings. The molecule has 0 saturated heterocycles. The van der Waals surface area contributed by atoms with Crippen LogP contribution in [0.1, 0.15) is 10.5 Å². The molecule has 16 heavy (non-hydrogen) atoms. The van der Waals surface area contributed by atoms with E-state index < -0.39 is 5.97 Å². The molecule has 0 spiro atoms. The van der Waals surface area contributed by atoms with E-state index in [0.29, 0.717) is 5.69 Å². The predicted octanol–water partition coefficient (Wildman–Crippen LogP) is 0.253. The number of carboxylic acid groups (broad SMARTS) is 1. The molecular weight excluding hydrogens is 212 g/mol. The normalized spacial score (nSPS) is 10.2. The van der Waals surface area contributed by atoms with Crippen molar-refractivity contribution in [1.29, 1.82) is 0 Å². The summed E-state index contributed by atoms with van der Waals surface area (Å²) >= 11 is 0. The van der Waals surface area contributed by atoms with Gasteiger partial charge in [0.15, 0.2) is 5.82 Å². The number of carboxylic acids is 1. The maximum Gasteiger partial charge on any atom is 0.360 e. The standard InChI is InChI=1S/C9H8N4O3/c10-8-7(9(15)16)11-12-13(8)5-2-1-3-6(14)4-5/h1-4,14H,10H2,(H,15,16). The Balaban J connectivity index is 2.53. The third kappa shape index (κ3) is 1.54. The number of rotatable bonds is 2. The Bertz CT molecular complexity index is 549. The first kappa shape index (κ1) is 9.97. The lowest BCUT2D eigenvalue weighted by Crippen LogP contribution is -2.05. The lowest BCUT2D eigenvalue weighted by molar-refractivity contribution is 0.0691. The van der Waals surface area contributed by atoms with Crippen LogP contribution in [0.3, 0.4) is 0 Å². The largest absolute Gasteiger partial charge is 0.508 e. The van der Waals surface area contributed by atoms with Crippen LogP contribution in [0.5, 0.6) is 5.75 Å². The van der Waals surface area contributed by atoms with Gasteiger partial charge in [0.1, 0.15) is 5.75 Å². The third-order valence-corrected chi connectivity index (χ3v) is 1.98. The van der Waals surface area contributed by atoms with Gasteiger partial charge in [-0.15, -0.1) is 5.10 Å². The number of nitrogens with zero attached hydrogens (tertiary/aromatic N) is 3. The van der Waals surface area contributed by atoms with Gasteiger partial charge >= 0.3 is 5.97 Å². The molecule has 2 rings (SSSR count). The molecule has 7 heteroatoms. The van der Waals surface area contributed by atoms with Crippen LogP contribution in [-0.2, 0) is 0 Å². The highest BCUT2D eigenvalue weighted by atomic mass is 16.4. The van der Waals surface area contributed by atoms with Crippen molar-refractivity contribution in [1.82, 2.24) is 15.0 Å². The fourth-order valence-corrected chi connectivity index (χ4v) is 1.26. The van der Waals surface area contributed by atoms with Gasteiger partial charge in [-0.25, -0.2) is 4.79 Å². The molecule has 4 N–H and O–H groups in total. The molecule has 0 fully saturated rings. The molecule has 0 saturated carbocycles. The van der Waals surface area contributed by atoms with Gasteiger partial charge < -0.3 is 15.9 Å². The molecular formula is C9H8N4O3. The summed E-state index contributed by atoms with van der Waals surface area (Å²) in [6, 6.07) is 6.09. The number of phenols is 1. The van der Waals surface area contributed by atoms with Gasteiger partial charge in [0.25, 0.3) is 0 Å². The summed E-state index contributed by atoms with van der Waals surface area (Å²) in [5.74, 6) is -1.30. The summed E-state index contributed by atoms with van der Waals surface area (Å²) < 4.78 is 1.14. The number of aromatic carboxylic acids is 1. The van der Waals surface area contributed by atoms with Gasteiger partial charge in [0.05, 0.1) is 5.69 Å². The van der Waals surface area contributed by atoms with Crippen molar-refractivity contribution in [3.05, 3.63) is 30.0 Å². The quantitative estimate of drug-likeness (QED) is 0.668. The number of aromatic hydroxyl groups is 1. The molecule has 82 valence electrons. The van der Waals surface area contributed by atoms with Gasteiger partial charge in [-0.2, -0.15) is 4.68 Å². The highest BCUT2D eigenvalue weighted by Crippen LogP contribution is 2.18. The summed E-state index contributed by atoms with van der Waals surface area (Å²) in [6.07, 6.45) is 0. The van der Waals surface area contributed by atoms with Crippen LogP contribution in [0.15, 0.2) is 24.3 Å². The highest BCUT2D eigenvalue weighted by Gasteiger charge is 2.17. The van der Waals surface area contributed by atoms with E-state index in [1.54, 1.807) is 12.1 Å². The van der Waals surface area contributed by atoms with Crippen LogP contribution in [-0.4, -0.2) is 31.2 Å². The van der Waals surface area contributed by atoms with Crippen LogP contribution < -0.4 is 5.73 Å². The van der Waals surface area contributed by atoms with E-state index in [-0.39, 0.29) is 17.3 Å². The minimum atomic E-state index is -1.25. The maximum absolute atomic E-state index is 10.7. The molecule has 1 aromatic heterocycles. The highest BCUT2D eigenvalue weighted by molar-refractivity contribution is 5.90. The Labute approximate surface area is 89.7 Å². The van der Waals surface area contributed by atoms with E-state index in [4.69, 9.17) is 10.8 Å². The maximum atomic E-state index is 10.7. The van der Waals surface area contributed by atoms with Crippen LogP contribution in [0.4, 0.5) is 5.82 Å². The van der Waals surface area contributed by atoms with Crippen molar-refractivity contribution >= 4 is 11.8 Å². The van der Waals surface area contributed by atoms with E-state index in [1.165, 1.54) is 12.1 Å². The first-order valence-electron chi connectivity index (χ1n) is 4.33. The fraction of sp³-hybridized carbons (Fsp3) is 0. The number of anilines is 1. The van der Waals surface area contributed by atoms with Gasteiger partial charge in [-0.3, -0.25) is 0 Å². The summed E-state index contributed by atoms with van der Waals surface area (Å²) in [5.41, 5.74) is 5.69. The number of hydrogen-bond acceptors (Lipinski definition) is 5. The van der Waals surface area contributed by atoms with E-state index >= 15 is 0 Å². The molecule has 7 nitrogen and oxygen atoms in total. The smallest absolute Gasteiger partial charge is 0.360 e. The minimum Gasteiger partial charge on any atom is -0.508 e. The second-order valence-corrected chi connectivity index (χ2v) is 3.06. The molecule has 0 bridgehead atoms. The molecule has 0 atom stereocenters. The molecule has 0 unspecified atom stereocenters. The van der Waals surface area contributed by atoms with E-state index in [2.05, 4.69) is 10.3 Å². The molecule has 1 aromatic carbocycles. The van der Waals surface area contributed by atoms with Crippen LogP contribution in [0, 0.1) is 0 Å². The Morgan fingerprint density at radius 2 is 2.19 bits per heavy atom. The van der Waals surface area contributed by atoms with E-state index in [1.807, 2.05) is 0 Å². The Morgan fingerprint density at radius 1 is 1.44 bits per heavy atom. The summed E-state index contributed by atoms with van der Waals surface area (Å²) in [7, 11) is 0. The number of nitrogens with two attached hydrogens (primary N) is 1. The van der Waals surface area contributed by atoms with E-state index in [0.717, 1.165) is 4.68 Å². The zero-order chi connectivity index (χ0) is 11.7. The van der Waals surface area contributed by atoms with Crippen molar-refractivity contribution in [3.63, 3.8) is 0 Å². The number of phenolic OH excluding ortho intramolecular Hbond substituents is 1. The SMILES string of the molecule is Nc1c(C(=O)O)nnn1-c1cccc(O)c1. The number of hydrogen-bond donors (Lipinski definition) is 3. The summed E-state index contributed by atoms with van der Waals surface area (Å²) in [6.45, 7) is 0. The first-order valence-corrected chi connectivity index (χ1v) is 4.33. The predicted molar refractivity (Wildman–Crippen MR) is 54.4 cm³/mol.